The van der Waals surface area contributed by atoms with Gasteiger partial charge in [-0.1, -0.05) is 27.2 Å². The Morgan fingerprint density at radius 2 is 1.85 bits per heavy atom. The first-order valence-electron chi connectivity index (χ1n) is 7.08. The van der Waals surface area contributed by atoms with Crippen LogP contribution in [0.2, 0.25) is 0 Å². The molecule has 0 spiro atoms. The number of unbranched alkanes of at least 4 members (excludes halogenated alkanes) is 1. The minimum Gasteiger partial charge on any atom is -0.494 e. The molecule has 1 aromatic rings. The lowest BCUT2D eigenvalue weighted by atomic mass is 10.1. The number of nitrogens with one attached hydrogen (secondary N) is 1. The van der Waals surface area contributed by atoms with E-state index < -0.39 is 0 Å². The van der Waals surface area contributed by atoms with Gasteiger partial charge in [0.1, 0.15) is 11.5 Å². The van der Waals surface area contributed by atoms with Gasteiger partial charge >= 0.3 is 0 Å². The molecule has 0 bridgehead atoms. The zero-order valence-electron chi connectivity index (χ0n) is 12.4. The molecule has 0 aliphatic rings. The molecule has 0 unspecified atom stereocenters. The van der Waals surface area contributed by atoms with Crippen LogP contribution in [0.1, 0.15) is 40.0 Å². The summed E-state index contributed by atoms with van der Waals surface area (Å²) < 4.78 is 5.54. The van der Waals surface area contributed by atoms with Crippen LogP contribution >= 0.6 is 0 Å². The molecule has 1 rings (SSSR count). The van der Waals surface area contributed by atoms with E-state index in [9.17, 15) is 9.59 Å². The molecule has 0 heterocycles. The summed E-state index contributed by atoms with van der Waals surface area (Å²) in [5, 5.41) is 2.71. The van der Waals surface area contributed by atoms with Crippen molar-refractivity contribution in [2.24, 2.45) is 5.92 Å². The largest absolute Gasteiger partial charge is 0.494 e. The third-order valence-electron chi connectivity index (χ3n) is 2.88. The number of carbonyl (C=O) groups excluding carboxylic acids is 2. The highest BCUT2D eigenvalue weighted by Gasteiger charge is 2.12. The Morgan fingerprint density at radius 1 is 1.20 bits per heavy atom. The second-order valence-corrected chi connectivity index (χ2v) is 5.07. The van der Waals surface area contributed by atoms with Gasteiger partial charge in [-0.15, -0.1) is 0 Å². The van der Waals surface area contributed by atoms with Gasteiger partial charge in [-0.25, -0.2) is 0 Å². The average molecular weight is 277 g/mol. The fraction of sp³-hybridized carbons (Fsp3) is 0.500. The Labute approximate surface area is 120 Å². The van der Waals surface area contributed by atoms with E-state index in [2.05, 4.69) is 12.2 Å². The molecule has 1 amide bonds. The second kappa shape index (κ2) is 8.35. The van der Waals surface area contributed by atoms with E-state index >= 15 is 0 Å². The highest BCUT2D eigenvalue weighted by atomic mass is 16.5. The quantitative estimate of drug-likeness (QED) is 0.585. The number of Topliss-reactive ketones (excluding diaryl/α,β-unsaturated/α-hetero) is 1. The van der Waals surface area contributed by atoms with Gasteiger partial charge in [-0.3, -0.25) is 9.59 Å². The molecule has 0 aromatic heterocycles. The Bertz CT molecular complexity index is 438. The van der Waals surface area contributed by atoms with Crippen LogP contribution in [-0.2, 0) is 9.59 Å². The molecule has 0 aliphatic carbocycles. The maximum absolute atomic E-state index is 11.7. The van der Waals surface area contributed by atoms with E-state index in [0.717, 1.165) is 18.6 Å². The topological polar surface area (TPSA) is 55.4 Å². The van der Waals surface area contributed by atoms with Gasteiger partial charge in [0.25, 0.3) is 0 Å². The third kappa shape index (κ3) is 5.87. The van der Waals surface area contributed by atoms with Crippen molar-refractivity contribution >= 4 is 17.4 Å². The van der Waals surface area contributed by atoms with Crippen molar-refractivity contribution in [3.05, 3.63) is 24.3 Å². The van der Waals surface area contributed by atoms with Crippen LogP contribution < -0.4 is 10.1 Å². The molecule has 0 aliphatic heterocycles. The van der Waals surface area contributed by atoms with Crippen molar-refractivity contribution in [1.29, 1.82) is 0 Å². The van der Waals surface area contributed by atoms with Crippen LogP contribution in [0.3, 0.4) is 0 Å². The van der Waals surface area contributed by atoms with E-state index in [0.29, 0.717) is 12.3 Å². The maximum Gasteiger partial charge on any atom is 0.231 e. The summed E-state index contributed by atoms with van der Waals surface area (Å²) in [6.07, 6.45) is 2.04. The summed E-state index contributed by atoms with van der Waals surface area (Å²) in [5.74, 6) is 0.343. The number of hydrogen-bond acceptors (Lipinski definition) is 3. The monoisotopic (exact) mass is 277 g/mol. The zero-order chi connectivity index (χ0) is 15.0. The van der Waals surface area contributed by atoms with Crippen LogP contribution in [0.25, 0.3) is 0 Å². The van der Waals surface area contributed by atoms with Crippen LogP contribution in [-0.4, -0.2) is 18.3 Å². The van der Waals surface area contributed by atoms with Crippen molar-refractivity contribution in [3.8, 4) is 5.75 Å². The Balaban J connectivity index is 2.44. The van der Waals surface area contributed by atoms with E-state index in [1.807, 2.05) is 12.1 Å². The van der Waals surface area contributed by atoms with Gasteiger partial charge in [-0.05, 0) is 30.7 Å². The van der Waals surface area contributed by atoms with Crippen molar-refractivity contribution in [3.63, 3.8) is 0 Å². The van der Waals surface area contributed by atoms with Gasteiger partial charge in [-0.2, -0.15) is 0 Å². The summed E-state index contributed by atoms with van der Waals surface area (Å²) >= 11 is 0. The number of anilines is 1. The smallest absolute Gasteiger partial charge is 0.231 e. The van der Waals surface area contributed by atoms with Gasteiger partial charge in [0.15, 0.2) is 0 Å². The fourth-order valence-electron chi connectivity index (χ4n) is 1.54. The molecular formula is C16H23NO3. The Hall–Kier alpha value is -1.84. The standard InChI is InChI=1S/C16H23NO3/c1-4-5-10-20-14-8-6-13(7-9-14)17-16(19)11-15(18)12(2)3/h6-9,12H,4-5,10-11H2,1-3H3,(H,17,19). The normalized spacial score (nSPS) is 10.4. The van der Waals surface area contributed by atoms with Crippen molar-refractivity contribution in [2.45, 2.75) is 40.0 Å². The number of ketones is 1. The van der Waals surface area contributed by atoms with Crippen molar-refractivity contribution < 1.29 is 14.3 Å². The SMILES string of the molecule is CCCCOc1ccc(NC(=O)CC(=O)C(C)C)cc1. The van der Waals surface area contributed by atoms with E-state index in [-0.39, 0.29) is 24.0 Å². The lowest BCUT2D eigenvalue weighted by Gasteiger charge is -2.08. The fourth-order valence-corrected chi connectivity index (χ4v) is 1.54. The highest BCUT2D eigenvalue weighted by Crippen LogP contribution is 2.16. The first-order chi connectivity index (χ1) is 9.52. The molecular weight excluding hydrogens is 254 g/mol. The summed E-state index contributed by atoms with van der Waals surface area (Å²) in [4.78, 5) is 23.1. The maximum atomic E-state index is 11.7. The minimum atomic E-state index is -0.275. The van der Waals surface area contributed by atoms with Crippen LogP contribution in [0, 0.1) is 5.92 Å². The number of carbonyl (C=O) groups is 2. The number of hydrogen-bond donors (Lipinski definition) is 1. The predicted octanol–water partition coefficient (Wildman–Crippen LogP) is 3.42. The molecule has 110 valence electrons. The van der Waals surface area contributed by atoms with Crippen LogP contribution in [0.5, 0.6) is 5.75 Å². The first-order valence-corrected chi connectivity index (χ1v) is 7.08. The highest BCUT2D eigenvalue weighted by molar-refractivity contribution is 6.04. The molecule has 0 saturated carbocycles. The number of rotatable bonds is 8. The zero-order valence-corrected chi connectivity index (χ0v) is 12.4. The summed E-state index contributed by atoms with van der Waals surface area (Å²) in [6.45, 7) is 6.39. The summed E-state index contributed by atoms with van der Waals surface area (Å²) in [5.41, 5.74) is 0.675. The van der Waals surface area contributed by atoms with Crippen molar-refractivity contribution in [1.82, 2.24) is 0 Å². The van der Waals surface area contributed by atoms with E-state index in [1.165, 1.54) is 0 Å². The van der Waals surface area contributed by atoms with Gasteiger partial charge in [0.05, 0.1) is 13.0 Å². The molecule has 1 N–H and O–H groups in total. The molecule has 0 fully saturated rings. The molecule has 0 saturated heterocycles. The molecule has 1 aromatic carbocycles. The van der Waals surface area contributed by atoms with E-state index in [1.54, 1.807) is 26.0 Å². The molecule has 4 nitrogen and oxygen atoms in total. The average Bonchev–Trinajstić information content (AvgIpc) is 2.40. The lowest BCUT2D eigenvalue weighted by Crippen LogP contribution is -2.19. The van der Waals surface area contributed by atoms with Gasteiger partial charge in [0, 0.05) is 11.6 Å². The second-order valence-electron chi connectivity index (χ2n) is 5.07. The number of benzene rings is 1. The molecule has 0 atom stereocenters. The lowest BCUT2D eigenvalue weighted by molar-refractivity contribution is -0.127. The Morgan fingerprint density at radius 3 is 2.40 bits per heavy atom. The third-order valence-corrected chi connectivity index (χ3v) is 2.88. The Kier molecular flexibility index (Phi) is 6.77. The predicted molar refractivity (Wildman–Crippen MR) is 79.9 cm³/mol. The molecule has 0 radical (unpaired) electrons. The number of ether oxygens (including phenoxy) is 1. The first kappa shape index (κ1) is 16.2. The molecule has 4 heteroatoms. The molecule has 20 heavy (non-hydrogen) atoms. The summed E-state index contributed by atoms with van der Waals surface area (Å²) in [6, 6.07) is 7.18. The van der Waals surface area contributed by atoms with E-state index in [4.69, 9.17) is 4.74 Å². The van der Waals surface area contributed by atoms with Crippen LogP contribution in [0.4, 0.5) is 5.69 Å². The number of amides is 1. The van der Waals surface area contributed by atoms with Gasteiger partial charge in [0.2, 0.25) is 5.91 Å². The van der Waals surface area contributed by atoms with Gasteiger partial charge < -0.3 is 10.1 Å². The summed E-state index contributed by atoms with van der Waals surface area (Å²) in [7, 11) is 0. The van der Waals surface area contributed by atoms with Crippen molar-refractivity contribution in [2.75, 3.05) is 11.9 Å². The minimum absolute atomic E-state index is 0.0537. The van der Waals surface area contributed by atoms with Crippen LogP contribution in [0.15, 0.2) is 24.3 Å².